The average molecular weight is 363 g/mol. The minimum atomic E-state index is -0.475. The topological polar surface area (TPSA) is 58.8 Å². The highest BCUT2D eigenvalue weighted by molar-refractivity contribution is 5.68. The predicted octanol–water partition coefficient (Wildman–Crippen LogP) is 3.95. The van der Waals surface area contributed by atoms with Crippen molar-refractivity contribution >= 4 is 17.5 Å². The normalized spacial score (nSPS) is 22.9. The van der Waals surface area contributed by atoms with Crippen molar-refractivity contribution in [1.82, 2.24) is 4.90 Å². The number of hydrogen-bond donors (Lipinski definition) is 1. The first kappa shape index (κ1) is 18.8. The first-order valence-electron chi connectivity index (χ1n) is 9.46. The molecule has 26 heavy (non-hydrogen) atoms. The van der Waals surface area contributed by atoms with Crippen LogP contribution in [-0.2, 0) is 11.2 Å². The molecule has 0 atom stereocenters. The van der Waals surface area contributed by atoms with Crippen LogP contribution >= 0.6 is 0 Å². The lowest BCUT2D eigenvalue weighted by Crippen LogP contribution is -2.45. The molecule has 0 saturated heterocycles. The van der Waals surface area contributed by atoms with Gasteiger partial charge in [-0.1, -0.05) is 0 Å². The molecule has 0 radical (unpaired) electrons. The number of rotatable bonds is 2. The number of nitrogens with zero attached hydrogens (tertiary/aromatic N) is 2. The number of hydrogen-bond acceptors (Lipinski definition) is 4. The van der Waals surface area contributed by atoms with Gasteiger partial charge in [-0.15, -0.1) is 0 Å². The van der Waals surface area contributed by atoms with Gasteiger partial charge in [0.1, 0.15) is 11.4 Å². The molecule has 0 bridgehead atoms. The minimum Gasteiger partial charge on any atom is -0.444 e. The van der Waals surface area contributed by atoms with Gasteiger partial charge in [-0.2, -0.15) is 0 Å². The van der Waals surface area contributed by atoms with Crippen molar-refractivity contribution in [3.05, 3.63) is 23.5 Å². The van der Waals surface area contributed by atoms with Gasteiger partial charge in [0.15, 0.2) is 0 Å². The summed E-state index contributed by atoms with van der Waals surface area (Å²) < 4.78 is 19.2. The van der Waals surface area contributed by atoms with Gasteiger partial charge in [0, 0.05) is 31.4 Å². The Balaban J connectivity index is 1.60. The molecule has 1 aromatic carbocycles. The maximum absolute atomic E-state index is 13.7. The van der Waals surface area contributed by atoms with Gasteiger partial charge >= 0.3 is 6.09 Å². The molecule has 0 unspecified atom stereocenters. The third-order valence-corrected chi connectivity index (χ3v) is 5.47. The molecule has 2 aliphatic rings. The minimum absolute atomic E-state index is 0.210. The maximum Gasteiger partial charge on any atom is 0.410 e. The molecule has 5 nitrogen and oxygen atoms in total. The summed E-state index contributed by atoms with van der Waals surface area (Å²) in [7, 11) is 1.83. The van der Waals surface area contributed by atoms with E-state index < -0.39 is 5.60 Å². The maximum atomic E-state index is 13.7. The van der Waals surface area contributed by atoms with E-state index in [0.717, 1.165) is 49.9 Å². The van der Waals surface area contributed by atoms with Crippen LogP contribution in [0.25, 0.3) is 0 Å². The second-order valence-corrected chi connectivity index (χ2v) is 8.50. The first-order chi connectivity index (χ1) is 12.2. The predicted molar refractivity (Wildman–Crippen MR) is 102 cm³/mol. The smallest absolute Gasteiger partial charge is 0.410 e. The van der Waals surface area contributed by atoms with Crippen molar-refractivity contribution in [3.63, 3.8) is 0 Å². The van der Waals surface area contributed by atoms with Crippen molar-refractivity contribution in [1.29, 1.82) is 0 Å². The molecule has 1 saturated carbocycles. The lowest BCUT2D eigenvalue weighted by molar-refractivity contribution is 0.0183. The Morgan fingerprint density at radius 2 is 1.92 bits per heavy atom. The van der Waals surface area contributed by atoms with Crippen molar-refractivity contribution in [3.8, 4) is 0 Å². The van der Waals surface area contributed by atoms with Gasteiger partial charge in [0.25, 0.3) is 0 Å². The van der Waals surface area contributed by atoms with Crippen LogP contribution < -0.4 is 10.6 Å². The number of nitrogen functional groups attached to an aromatic ring is 1. The van der Waals surface area contributed by atoms with E-state index in [1.165, 1.54) is 0 Å². The summed E-state index contributed by atoms with van der Waals surface area (Å²) in [5.74, 6) is -0.326. The van der Waals surface area contributed by atoms with E-state index in [2.05, 4.69) is 4.90 Å². The van der Waals surface area contributed by atoms with Crippen LogP contribution in [0.15, 0.2) is 12.1 Å². The lowest BCUT2D eigenvalue weighted by atomic mass is 9.89. The van der Waals surface area contributed by atoms with Gasteiger partial charge in [0.2, 0.25) is 0 Å². The van der Waals surface area contributed by atoms with Crippen LogP contribution in [0.3, 0.4) is 0 Å². The first-order valence-corrected chi connectivity index (χ1v) is 9.46. The molecule has 144 valence electrons. The molecule has 1 aromatic rings. The van der Waals surface area contributed by atoms with Crippen LogP contribution in [0, 0.1) is 5.82 Å². The Hall–Kier alpha value is -1.98. The highest BCUT2D eigenvalue weighted by Gasteiger charge is 2.33. The summed E-state index contributed by atoms with van der Waals surface area (Å²) in [6.07, 6.45) is 4.52. The summed E-state index contributed by atoms with van der Waals surface area (Å²) in [5.41, 5.74) is 7.63. The number of halogens is 1. The van der Waals surface area contributed by atoms with E-state index in [9.17, 15) is 9.18 Å². The fourth-order valence-corrected chi connectivity index (χ4v) is 4.07. The number of carbonyl (C=O) groups excluding carboxylic acids is 1. The van der Waals surface area contributed by atoms with E-state index in [-0.39, 0.29) is 23.6 Å². The van der Waals surface area contributed by atoms with Crippen LogP contribution in [0.5, 0.6) is 0 Å². The SMILES string of the molecule is CN(C(=O)OC(C)(C)C)C1CCC(N2CCc3cc(F)c(N)cc32)CC1. The molecular formula is C20H30FN3O2. The molecule has 1 fully saturated rings. The van der Waals surface area contributed by atoms with Crippen molar-refractivity contribution in [2.24, 2.45) is 0 Å². The Morgan fingerprint density at radius 3 is 2.54 bits per heavy atom. The third-order valence-electron chi connectivity index (χ3n) is 5.47. The second-order valence-electron chi connectivity index (χ2n) is 8.50. The molecule has 1 aliphatic heterocycles. The largest absolute Gasteiger partial charge is 0.444 e. The zero-order valence-electron chi connectivity index (χ0n) is 16.2. The highest BCUT2D eigenvalue weighted by Crippen LogP contribution is 2.37. The molecule has 6 heteroatoms. The Bertz CT molecular complexity index is 678. The van der Waals surface area contributed by atoms with E-state index >= 15 is 0 Å². The van der Waals surface area contributed by atoms with Crippen LogP contribution in [0.4, 0.5) is 20.6 Å². The molecule has 2 N–H and O–H groups in total. The fourth-order valence-electron chi connectivity index (χ4n) is 4.07. The average Bonchev–Trinajstić information content (AvgIpc) is 2.96. The van der Waals surface area contributed by atoms with Crippen LogP contribution in [0.2, 0.25) is 0 Å². The fraction of sp³-hybridized carbons (Fsp3) is 0.650. The number of benzene rings is 1. The second kappa shape index (κ2) is 6.97. The quantitative estimate of drug-likeness (QED) is 0.809. The molecule has 3 rings (SSSR count). The van der Waals surface area contributed by atoms with E-state index in [1.807, 2.05) is 27.8 Å². The number of fused-ring (bicyclic) bond motifs is 1. The third kappa shape index (κ3) is 3.89. The summed E-state index contributed by atoms with van der Waals surface area (Å²) >= 11 is 0. The molecule has 1 aliphatic carbocycles. The van der Waals surface area contributed by atoms with Crippen molar-refractivity contribution in [2.45, 2.75) is 70.6 Å². The zero-order valence-corrected chi connectivity index (χ0v) is 16.2. The monoisotopic (exact) mass is 363 g/mol. The number of carbonyl (C=O) groups is 1. The Morgan fingerprint density at radius 1 is 1.27 bits per heavy atom. The number of nitrogens with two attached hydrogens (primary N) is 1. The lowest BCUT2D eigenvalue weighted by Gasteiger charge is -2.39. The summed E-state index contributed by atoms with van der Waals surface area (Å²) in [6.45, 7) is 6.56. The number of ether oxygens (including phenoxy) is 1. The van der Waals surface area contributed by atoms with E-state index in [0.29, 0.717) is 6.04 Å². The Kier molecular flexibility index (Phi) is 5.04. The van der Waals surface area contributed by atoms with Gasteiger partial charge in [0.05, 0.1) is 5.69 Å². The Labute approximate surface area is 155 Å². The van der Waals surface area contributed by atoms with E-state index in [1.54, 1.807) is 17.0 Å². The van der Waals surface area contributed by atoms with Gasteiger partial charge in [-0.05, 0) is 70.6 Å². The van der Waals surface area contributed by atoms with Gasteiger partial charge in [-0.25, -0.2) is 9.18 Å². The standard InChI is InChI=1S/C20H30FN3O2/c1-20(2,3)26-19(25)23(4)14-5-7-15(8-6-14)24-10-9-13-11-16(21)17(22)12-18(13)24/h11-12,14-15H,5-10,22H2,1-4H3. The van der Waals surface area contributed by atoms with Crippen molar-refractivity contribution in [2.75, 3.05) is 24.2 Å². The zero-order chi connectivity index (χ0) is 19.1. The summed E-state index contributed by atoms with van der Waals surface area (Å²) in [6, 6.07) is 3.98. The summed E-state index contributed by atoms with van der Waals surface area (Å²) in [5, 5.41) is 0. The molecular weight excluding hydrogens is 333 g/mol. The molecule has 0 aromatic heterocycles. The van der Waals surface area contributed by atoms with Gasteiger partial charge in [-0.3, -0.25) is 0 Å². The van der Waals surface area contributed by atoms with Crippen molar-refractivity contribution < 1.29 is 13.9 Å². The molecule has 1 amide bonds. The van der Waals surface area contributed by atoms with E-state index in [4.69, 9.17) is 10.5 Å². The van der Waals surface area contributed by atoms with Crippen LogP contribution in [-0.4, -0.2) is 42.3 Å². The van der Waals surface area contributed by atoms with Gasteiger partial charge < -0.3 is 20.3 Å². The van der Waals surface area contributed by atoms with Crippen LogP contribution in [0.1, 0.15) is 52.0 Å². The number of amides is 1. The molecule has 1 heterocycles. The number of anilines is 2. The highest BCUT2D eigenvalue weighted by atomic mass is 19.1. The molecule has 0 spiro atoms. The summed E-state index contributed by atoms with van der Waals surface area (Å²) in [4.78, 5) is 16.4.